The van der Waals surface area contributed by atoms with Crippen LogP contribution in [0, 0.1) is 0 Å². The van der Waals surface area contributed by atoms with Crippen molar-refractivity contribution in [2.24, 2.45) is 0 Å². The summed E-state index contributed by atoms with van der Waals surface area (Å²) in [5.74, 6) is -0.291. The van der Waals surface area contributed by atoms with E-state index in [2.05, 4.69) is 0 Å². The van der Waals surface area contributed by atoms with Crippen LogP contribution >= 0.6 is 11.6 Å². The lowest BCUT2D eigenvalue weighted by Gasteiger charge is -2.17. The van der Waals surface area contributed by atoms with E-state index in [4.69, 9.17) is 17.3 Å². The molecule has 0 aromatic heterocycles. The third kappa shape index (κ3) is 2.43. The van der Waals surface area contributed by atoms with Crippen LogP contribution in [0.25, 0.3) is 0 Å². The van der Waals surface area contributed by atoms with Gasteiger partial charge in [0.2, 0.25) is 0 Å². The van der Waals surface area contributed by atoms with Crippen LogP contribution in [0.2, 0.25) is 5.02 Å². The van der Waals surface area contributed by atoms with Crippen LogP contribution in [0.3, 0.4) is 0 Å². The average molecular weight is 302 g/mol. The van der Waals surface area contributed by atoms with Gasteiger partial charge in [-0.05, 0) is 42.5 Å². The Balaban J connectivity index is 1.94. The molecule has 5 nitrogen and oxygen atoms in total. The Morgan fingerprint density at radius 2 is 1.71 bits per heavy atom. The van der Waals surface area contributed by atoms with Gasteiger partial charge in [-0.15, -0.1) is 0 Å². The summed E-state index contributed by atoms with van der Waals surface area (Å²) in [6.07, 6.45) is 0. The summed E-state index contributed by atoms with van der Waals surface area (Å²) in [5, 5.41) is 0.574. The molecule has 0 spiro atoms. The maximum Gasteiger partial charge on any atom is 0.336 e. The number of carbonyl (C=O) groups is 2. The Labute approximate surface area is 126 Å². The van der Waals surface area contributed by atoms with Crippen molar-refractivity contribution in [3.05, 3.63) is 53.6 Å². The first kappa shape index (κ1) is 13.5. The number of nitrogens with zero attached hydrogens (tertiary/aromatic N) is 2. The second kappa shape index (κ2) is 5.10. The second-order valence-electron chi connectivity index (χ2n) is 4.67. The quantitative estimate of drug-likeness (QED) is 0.685. The number of urea groups is 1. The van der Waals surface area contributed by atoms with Gasteiger partial charge in [0.15, 0.2) is 0 Å². The summed E-state index contributed by atoms with van der Waals surface area (Å²) in [7, 11) is 0. The molecule has 3 rings (SSSR count). The van der Waals surface area contributed by atoms with Crippen molar-refractivity contribution in [3.8, 4) is 0 Å². The SMILES string of the molecule is Nc1cccc(N2C(=O)CN(c3ccc(Cl)cc3)C2=O)c1. The number of halogens is 1. The topological polar surface area (TPSA) is 66.6 Å². The van der Waals surface area contributed by atoms with Crippen molar-refractivity contribution in [1.82, 2.24) is 0 Å². The van der Waals surface area contributed by atoms with Crippen molar-refractivity contribution >= 4 is 40.6 Å². The number of benzene rings is 2. The Bertz CT molecular complexity index is 715. The molecular formula is C15H12ClN3O2. The van der Waals surface area contributed by atoms with Gasteiger partial charge in [0, 0.05) is 16.4 Å². The summed E-state index contributed by atoms with van der Waals surface area (Å²) in [5.41, 5.74) is 7.30. The molecular weight excluding hydrogens is 290 g/mol. The molecule has 1 saturated heterocycles. The molecule has 1 aliphatic rings. The first-order valence-electron chi connectivity index (χ1n) is 6.32. The van der Waals surface area contributed by atoms with Crippen molar-refractivity contribution in [3.63, 3.8) is 0 Å². The second-order valence-corrected chi connectivity index (χ2v) is 5.11. The Kier molecular flexibility index (Phi) is 3.27. The van der Waals surface area contributed by atoms with E-state index < -0.39 is 6.03 Å². The minimum absolute atomic E-state index is 0.00470. The molecule has 0 radical (unpaired) electrons. The minimum Gasteiger partial charge on any atom is -0.399 e. The lowest BCUT2D eigenvalue weighted by molar-refractivity contribution is -0.115. The molecule has 0 bridgehead atoms. The number of imide groups is 1. The minimum atomic E-state index is -0.395. The molecule has 1 fully saturated rings. The summed E-state index contributed by atoms with van der Waals surface area (Å²) < 4.78 is 0. The van der Waals surface area contributed by atoms with Gasteiger partial charge in [0.25, 0.3) is 5.91 Å². The summed E-state index contributed by atoms with van der Waals surface area (Å²) in [6.45, 7) is -0.00470. The van der Waals surface area contributed by atoms with Crippen molar-refractivity contribution in [2.75, 3.05) is 22.1 Å². The van der Waals surface area contributed by atoms with Gasteiger partial charge in [-0.3, -0.25) is 9.69 Å². The molecule has 0 aliphatic carbocycles. The smallest absolute Gasteiger partial charge is 0.336 e. The predicted octanol–water partition coefficient (Wildman–Crippen LogP) is 2.90. The van der Waals surface area contributed by atoms with E-state index in [1.165, 1.54) is 4.90 Å². The van der Waals surface area contributed by atoms with Crippen molar-refractivity contribution < 1.29 is 9.59 Å². The van der Waals surface area contributed by atoms with E-state index in [0.29, 0.717) is 22.1 Å². The van der Waals surface area contributed by atoms with E-state index in [9.17, 15) is 9.59 Å². The molecule has 1 heterocycles. The standard InChI is InChI=1S/C15H12ClN3O2/c16-10-4-6-12(7-5-10)18-9-14(20)19(15(18)21)13-3-1-2-11(17)8-13/h1-8H,9,17H2. The van der Waals surface area contributed by atoms with Crippen LogP contribution in [0.5, 0.6) is 0 Å². The fourth-order valence-electron chi connectivity index (χ4n) is 2.24. The first-order valence-corrected chi connectivity index (χ1v) is 6.69. The predicted molar refractivity (Wildman–Crippen MR) is 82.5 cm³/mol. The first-order chi connectivity index (χ1) is 10.1. The number of amides is 3. The summed E-state index contributed by atoms with van der Waals surface area (Å²) >= 11 is 5.83. The molecule has 106 valence electrons. The van der Waals surface area contributed by atoms with Crippen LogP contribution in [0.15, 0.2) is 48.5 Å². The van der Waals surface area contributed by atoms with Crippen molar-refractivity contribution in [1.29, 1.82) is 0 Å². The normalized spacial score (nSPS) is 14.9. The molecule has 1 aliphatic heterocycles. The average Bonchev–Trinajstić information content (AvgIpc) is 2.75. The third-order valence-corrected chi connectivity index (χ3v) is 3.48. The molecule has 6 heteroatoms. The molecule has 2 N–H and O–H groups in total. The Morgan fingerprint density at radius 3 is 2.38 bits per heavy atom. The lowest BCUT2D eigenvalue weighted by atomic mass is 10.2. The Hall–Kier alpha value is -2.53. The zero-order valence-electron chi connectivity index (χ0n) is 11.0. The fraction of sp³-hybridized carbons (Fsp3) is 0.0667. The number of rotatable bonds is 2. The van der Waals surface area contributed by atoms with E-state index in [0.717, 1.165) is 4.90 Å². The van der Waals surface area contributed by atoms with E-state index in [1.807, 2.05) is 0 Å². The largest absolute Gasteiger partial charge is 0.399 e. The van der Waals surface area contributed by atoms with Crippen LogP contribution in [0.1, 0.15) is 0 Å². The Morgan fingerprint density at radius 1 is 1.00 bits per heavy atom. The van der Waals surface area contributed by atoms with Crippen LogP contribution in [-0.2, 0) is 4.79 Å². The van der Waals surface area contributed by atoms with Crippen LogP contribution in [0.4, 0.5) is 21.9 Å². The van der Waals surface area contributed by atoms with Gasteiger partial charge in [-0.2, -0.15) is 0 Å². The highest BCUT2D eigenvalue weighted by Gasteiger charge is 2.37. The highest BCUT2D eigenvalue weighted by Crippen LogP contribution is 2.27. The lowest BCUT2D eigenvalue weighted by Crippen LogP contribution is -2.33. The van der Waals surface area contributed by atoms with Gasteiger partial charge in [-0.25, -0.2) is 9.69 Å². The maximum absolute atomic E-state index is 12.5. The number of anilines is 3. The van der Waals surface area contributed by atoms with Gasteiger partial charge < -0.3 is 5.73 Å². The number of nitrogen functional groups attached to an aromatic ring is 1. The van der Waals surface area contributed by atoms with Gasteiger partial charge in [-0.1, -0.05) is 17.7 Å². The zero-order chi connectivity index (χ0) is 15.0. The molecule has 0 unspecified atom stereocenters. The molecule has 21 heavy (non-hydrogen) atoms. The van der Waals surface area contributed by atoms with Crippen LogP contribution in [-0.4, -0.2) is 18.5 Å². The fourth-order valence-corrected chi connectivity index (χ4v) is 2.37. The molecule has 2 aromatic rings. The number of nitrogens with two attached hydrogens (primary N) is 1. The highest BCUT2D eigenvalue weighted by atomic mass is 35.5. The van der Waals surface area contributed by atoms with Crippen LogP contribution < -0.4 is 15.5 Å². The molecule has 0 atom stereocenters. The molecule has 2 aromatic carbocycles. The number of carbonyl (C=O) groups excluding carboxylic acids is 2. The van der Waals surface area contributed by atoms with Gasteiger partial charge >= 0.3 is 6.03 Å². The van der Waals surface area contributed by atoms with Crippen molar-refractivity contribution in [2.45, 2.75) is 0 Å². The van der Waals surface area contributed by atoms with Gasteiger partial charge in [0.1, 0.15) is 6.54 Å². The third-order valence-electron chi connectivity index (χ3n) is 3.23. The number of hydrogen-bond donors (Lipinski definition) is 1. The summed E-state index contributed by atoms with van der Waals surface area (Å²) in [6, 6.07) is 13.1. The number of hydrogen-bond acceptors (Lipinski definition) is 3. The maximum atomic E-state index is 12.5. The van der Waals surface area contributed by atoms with E-state index in [-0.39, 0.29) is 12.5 Å². The van der Waals surface area contributed by atoms with Gasteiger partial charge in [0.05, 0.1) is 5.69 Å². The summed E-state index contributed by atoms with van der Waals surface area (Å²) in [4.78, 5) is 27.1. The zero-order valence-corrected chi connectivity index (χ0v) is 11.7. The van der Waals surface area contributed by atoms with E-state index in [1.54, 1.807) is 48.5 Å². The highest BCUT2D eigenvalue weighted by molar-refractivity contribution is 6.31. The molecule has 3 amide bonds. The van der Waals surface area contributed by atoms with E-state index >= 15 is 0 Å². The molecule has 0 saturated carbocycles. The monoisotopic (exact) mass is 301 g/mol.